The maximum absolute atomic E-state index is 12.5. The highest BCUT2D eigenvalue weighted by Crippen LogP contribution is 2.13. The Bertz CT molecular complexity index is 929. The van der Waals surface area contributed by atoms with E-state index in [-0.39, 0.29) is 5.91 Å². The molecule has 0 atom stereocenters. The van der Waals surface area contributed by atoms with Crippen LogP contribution in [0.3, 0.4) is 0 Å². The molecule has 0 saturated carbocycles. The van der Waals surface area contributed by atoms with Crippen LogP contribution in [0.25, 0.3) is 5.69 Å². The molecule has 2 heterocycles. The molecule has 1 aliphatic rings. The molecule has 0 aliphatic carbocycles. The largest absolute Gasteiger partial charge is 0.340 e. The highest BCUT2D eigenvalue weighted by Gasteiger charge is 2.22. The highest BCUT2D eigenvalue weighted by atomic mass is 16.2. The first-order valence-electron chi connectivity index (χ1n) is 10.1. The molecule has 3 aromatic rings. The van der Waals surface area contributed by atoms with Crippen molar-refractivity contribution in [3.8, 4) is 5.69 Å². The van der Waals surface area contributed by atoms with Gasteiger partial charge in [0.05, 0.1) is 12.2 Å². The van der Waals surface area contributed by atoms with E-state index >= 15 is 0 Å². The Kier molecular flexibility index (Phi) is 5.95. The van der Waals surface area contributed by atoms with Crippen LogP contribution >= 0.6 is 0 Å². The predicted octanol–water partition coefficient (Wildman–Crippen LogP) is 2.25. The third-order valence-corrected chi connectivity index (χ3v) is 5.37. The van der Waals surface area contributed by atoms with Crippen molar-refractivity contribution >= 4 is 5.91 Å². The molecule has 0 spiro atoms. The molecule has 2 aromatic carbocycles. The van der Waals surface area contributed by atoms with Gasteiger partial charge >= 0.3 is 0 Å². The SMILES string of the molecule is Cc1ccc(-n2nnnc2CN2CCN(C(=O)CCc3ccccc3)CC2)cc1. The van der Waals surface area contributed by atoms with Crippen LogP contribution in [0.5, 0.6) is 0 Å². The lowest BCUT2D eigenvalue weighted by molar-refractivity contribution is -0.133. The van der Waals surface area contributed by atoms with E-state index in [9.17, 15) is 4.79 Å². The molecule has 1 saturated heterocycles. The van der Waals surface area contributed by atoms with Gasteiger partial charge in [0, 0.05) is 32.6 Å². The van der Waals surface area contributed by atoms with Crippen molar-refractivity contribution < 1.29 is 4.79 Å². The summed E-state index contributed by atoms with van der Waals surface area (Å²) in [6.45, 7) is 5.90. The van der Waals surface area contributed by atoms with Gasteiger partial charge in [-0.05, 0) is 41.5 Å². The third-order valence-electron chi connectivity index (χ3n) is 5.37. The fraction of sp³-hybridized carbons (Fsp3) is 0.364. The molecule has 0 unspecified atom stereocenters. The fourth-order valence-electron chi connectivity index (χ4n) is 3.60. The number of rotatable bonds is 6. The number of piperazine rings is 1. The molecule has 7 nitrogen and oxygen atoms in total. The lowest BCUT2D eigenvalue weighted by atomic mass is 10.1. The van der Waals surface area contributed by atoms with Crippen molar-refractivity contribution in [1.29, 1.82) is 0 Å². The Morgan fingerprint density at radius 3 is 2.41 bits per heavy atom. The number of carbonyl (C=O) groups excluding carboxylic acids is 1. The van der Waals surface area contributed by atoms with Crippen LogP contribution in [-0.2, 0) is 17.8 Å². The van der Waals surface area contributed by atoms with Crippen LogP contribution in [0, 0.1) is 6.92 Å². The maximum atomic E-state index is 12.5. The summed E-state index contributed by atoms with van der Waals surface area (Å²) in [7, 11) is 0. The summed E-state index contributed by atoms with van der Waals surface area (Å²) in [5.41, 5.74) is 3.38. The molecule has 29 heavy (non-hydrogen) atoms. The Balaban J connectivity index is 1.29. The Morgan fingerprint density at radius 2 is 1.69 bits per heavy atom. The average molecular weight is 390 g/mol. The number of hydrogen-bond acceptors (Lipinski definition) is 5. The van der Waals surface area contributed by atoms with Gasteiger partial charge in [-0.2, -0.15) is 4.68 Å². The molecule has 1 aromatic heterocycles. The Hall–Kier alpha value is -3.06. The summed E-state index contributed by atoms with van der Waals surface area (Å²) in [5.74, 6) is 1.05. The molecule has 4 rings (SSSR count). The molecule has 7 heteroatoms. The number of amides is 1. The number of hydrogen-bond donors (Lipinski definition) is 0. The summed E-state index contributed by atoms with van der Waals surface area (Å²) in [6.07, 6.45) is 1.36. The number of nitrogens with zero attached hydrogens (tertiary/aromatic N) is 6. The third kappa shape index (κ3) is 4.86. The van der Waals surface area contributed by atoms with Crippen LogP contribution in [0.1, 0.15) is 23.4 Å². The molecule has 1 aliphatic heterocycles. The van der Waals surface area contributed by atoms with Crippen LogP contribution in [0.2, 0.25) is 0 Å². The molecule has 150 valence electrons. The van der Waals surface area contributed by atoms with E-state index in [0.717, 1.165) is 44.1 Å². The van der Waals surface area contributed by atoms with Crippen molar-refractivity contribution in [2.24, 2.45) is 0 Å². The van der Waals surface area contributed by atoms with Crippen molar-refractivity contribution in [2.75, 3.05) is 26.2 Å². The summed E-state index contributed by atoms with van der Waals surface area (Å²) in [4.78, 5) is 16.8. The van der Waals surface area contributed by atoms with E-state index in [2.05, 4.69) is 51.6 Å². The lowest BCUT2D eigenvalue weighted by Gasteiger charge is -2.34. The standard InChI is InChI=1S/C22H26N6O/c1-18-7-10-20(11-8-18)28-21(23-24-25-28)17-26-13-15-27(16-14-26)22(29)12-9-19-5-3-2-4-6-19/h2-8,10-11H,9,12-17H2,1H3. The van der Waals surface area contributed by atoms with Gasteiger partial charge < -0.3 is 4.90 Å². The van der Waals surface area contributed by atoms with E-state index in [1.165, 1.54) is 11.1 Å². The van der Waals surface area contributed by atoms with Gasteiger partial charge in [0.15, 0.2) is 5.82 Å². The van der Waals surface area contributed by atoms with Crippen molar-refractivity contribution in [3.63, 3.8) is 0 Å². The monoisotopic (exact) mass is 390 g/mol. The van der Waals surface area contributed by atoms with Crippen molar-refractivity contribution in [1.82, 2.24) is 30.0 Å². The van der Waals surface area contributed by atoms with E-state index in [0.29, 0.717) is 13.0 Å². The number of carbonyl (C=O) groups is 1. The predicted molar refractivity (Wildman–Crippen MR) is 111 cm³/mol. The second-order valence-electron chi connectivity index (χ2n) is 7.48. The molecule has 0 radical (unpaired) electrons. The Morgan fingerprint density at radius 1 is 0.966 bits per heavy atom. The molecule has 1 fully saturated rings. The normalized spacial score (nSPS) is 14.9. The minimum absolute atomic E-state index is 0.234. The van der Waals surface area contributed by atoms with Gasteiger partial charge in [-0.25, -0.2) is 0 Å². The minimum atomic E-state index is 0.234. The number of tetrazole rings is 1. The number of benzene rings is 2. The summed E-state index contributed by atoms with van der Waals surface area (Å²) in [6, 6.07) is 18.3. The van der Waals surface area contributed by atoms with Gasteiger partial charge in [0.25, 0.3) is 0 Å². The Labute approximate surface area is 170 Å². The highest BCUT2D eigenvalue weighted by molar-refractivity contribution is 5.76. The first-order chi connectivity index (χ1) is 14.2. The van der Waals surface area contributed by atoms with Gasteiger partial charge in [-0.1, -0.05) is 48.0 Å². The summed E-state index contributed by atoms with van der Waals surface area (Å²) >= 11 is 0. The lowest BCUT2D eigenvalue weighted by Crippen LogP contribution is -2.48. The molecular formula is C22H26N6O. The second-order valence-corrected chi connectivity index (χ2v) is 7.48. The zero-order chi connectivity index (χ0) is 20.1. The van der Waals surface area contributed by atoms with E-state index in [1.807, 2.05) is 35.2 Å². The number of aryl methyl sites for hydroxylation is 2. The maximum Gasteiger partial charge on any atom is 0.222 e. The molecular weight excluding hydrogens is 364 g/mol. The topological polar surface area (TPSA) is 67.2 Å². The van der Waals surface area contributed by atoms with Gasteiger partial charge in [0.1, 0.15) is 0 Å². The van der Waals surface area contributed by atoms with E-state index in [4.69, 9.17) is 0 Å². The van der Waals surface area contributed by atoms with Crippen molar-refractivity contribution in [2.45, 2.75) is 26.3 Å². The van der Waals surface area contributed by atoms with Crippen LogP contribution < -0.4 is 0 Å². The second kappa shape index (κ2) is 8.96. The van der Waals surface area contributed by atoms with Gasteiger partial charge in [-0.3, -0.25) is 9.69 Å². The smallest absolute Gasteiger partial charge is 0.222 e. The molecule has 0 N–H and O–H groups in total. The molecule has 0 bridgehead atoms. The average Bonchev–Trinajstić information content (AvgIpc) is 3.22. The van der Waals surface area contributed by atoms with E-state index in [1.54, 1.807) is 4.68 Å². The van der Waals surface area contributed by atoms with Crippen LogP contribution in [0.4, 0.5) is 0 Å². The summed E-state index contributed by atoms with van der Waals surface area (Å²) in [5, 5.41) is 12.2. The van der Waals surface area contributed by atoms with Crippen LogP contribution in [0.15, 0.2) is 54.6 Å². The zero-order valence-corrected chi connectivity index (χ0v) is 16.7. The van der Waals surface area contributed by atoms with E-state index < -0.39 is 0 Å². The quantitative estimate of drug-likeness (QED) is 0.646. The van der Waals surface area contributed by atoms with Crippen molar-refractivity contribution in [3.05, 3.63) is 71.5 Å². The fourth-order valence-corrected chi connectivity index (χ4v) is 3.60. The van der Waals surface area contributed by atoms with Crippen LogP contribution in [-0.4, -0.2) is 62.1 Å². The minimum Gasteiger partial charge on any atom is -0.340 e. The number of aromatic nitrogens is 4. The first kappa shape index (κ1) is 19.3. The van der Waals surface area contributed by atoms with Gasteiger partial charge in [0.2, 0.25) is 5.91 Å². The van der Waals surface area contributed by atoms with Gasteiger partial charge in [-0.15, -0.1) is 5.10 Å². The zero-order valence-electron chi connectivity index (χ0n) is 16.7. The summed E-state index contributed by atoms with van der Waals surface area (Å²) < 4.78 is 1.79. The molecule has 1 amide bonds. The first-order valence-corrected chi connectivity index (χ1v) is 10.1.